The van der Waals surface area contributed by atoms with Gasteiger partial charge >= 0.3 is 0 Å². The second-order valence-electron chi connectivity index (χ2n) is 11.7. The zero-order chi connectivity index (χ0) is 37.9. The van der Waals surface area contributed by atoms with Crippen LogP contribution in [0.25, 0.3) is 59.4 Å². The number of allylic oxidation sites excluding steroid dienone is 6. The fraction of sp³-hybridized carbons (Fsp3) is 0. The maximum Gasteiger partial charge on any atom is 0.220 e. The van der Waals surface area contributed by atoms with Crippen LogP contribution in [0.1, 0.15) is 61.5 Å². The van der Waals surface area contributed by atoms with Crippen molar-refractivity contribution < 1.29 is 0 Å². The van der Waals surface area contributed by atoms with E-state index < -0.39 is 0 Å². The van der Waals surface area contributed by atoms with Gasteiger partial charge in [0.05, 0.1) is 65.0 Å². The van der Waals surface area contributed by atoms with Crippen LogP contribution in [0.15, 0.2) is 97.3 Å². The summed E-state index contributed by atoms with van der Waals surface area (Å²) in [6, 6.07) is 34.6. The normalized spacial score (nSPS) is 14.1. The summed E-state index contributed by atoms with van der Waals surface area (Å²) in [6.45, 7) is 24.3. The SMILES string of the molecule is [C-]#[N+]C1=C(c2ccccc2)/C(=C(/C#N)c2ccc([N+]#[C-])cn2)c2c(C#N)c3c(c(C#N)c21)/C(=C(\[N+]#[C-])c1ccc(C#N)cn1)C(c1ccccc1)=C3C#N. The van der Waals surface area contributed by atoms with Gasteiger partial charge in [-0.3, -0.25) is 9.97 Å². The van der Waals surface area contributed by atoms with E-state index in [0.29, 0.717) is 11.1 Å². The average Bonchev–Trinajstić information content (AvgIpc) is 3.75. The van der Waals surface area contributed by atoms with Crippen molar-refractivity contribution in [2.45, 2.75) is 0 Å². The summed E-state index contributed by atoms with van der Waals surface area (Å²) in [5.74, 6) is 0. The lowest BCUT2D eigenvalue weighted by Gasteiger charge is -2.18. The molecule has 0 spiro atoms. The van der Waals surface area contributed by atoms with Crippen LogP contribution in [0.4, 0.5) is 5.69 Å². The van der Waals surface area contributed by atoms with Crippen LogP contribution in [-0.4, -0.2) is 9.97 Å². The number of hydrogen-bond acceptors (Lipinski definition) is 7. The van der Waals surface area contributed by atoms with Crippen molar-refractivity contribution in [1.82, 2.24) is 9.97 Å². The highest BCUT2D eigenvalue weighted by molar-refractivity contribution is 6.35. The molecule has 0 aliphatic heterocycles. The van der Waals surface area contributed by atoms with Gasteiger partial charge in [-0.15, -0.1) is 0 Å². The molecule has 2 aliphatic rings. The van der Waals surface area contributed by atoms with Crippen molar-refractivity contribution in [2.24, 2.45) is 0 Å². The average molecular weight is 685 g/mol. The van der Waals surface area contributed by atoms with Gasteiger partial charge in [0.1, 0.15) is 24.3 Å². The molecule has 0 saturated carbocycles. The van der Waals surface area contributed by atoms with Crippen molar-refractivity contribution >= 4 is 50.5 Å². The standard InChI is InChI=1S/C44H16N10/c1-50-28-15-17-33(54-24-28)29(19-46)38-36(27-12-8-5-9-13-27)44(52-3)41-32(22-49)39-37(31(21-48)40(38)41)30(20-47)35(26-10-6-4-7-11-26)42(39)43(51-2)34-16-14-25(18-45)23-53-34/h4-17,23-24H/b38-29+,43-42-. The molecule has 7 rings (SSSR count). The molecule has 10 heteroatoms. The fourth-order valence-corrected chi connectivity index (χ4v) is 6.88. The molecular weight excluding hydrogens is 669 g/mol. The van der Waals surface area contributed by atoms with Crippen LogP contribution in [0.2, 0.25) is 0 Å². The van der Waals surface area contributed by atoms with E-state index in [0.717, 1.165) is 0 Å². The molecule has 2 heterocycles. The minimum atomic E-state index is -0.0799. The highest BCUT2D eigenvalue weighted by atomic mass is 14.8. The summed E-state index contributed by atoms with van der Waals surface area (Å²) in [5.41, 5.74) is 2.87. The molecule has 0 saturated heterocycles. The number of benzene rings is 3. The number of aromatic nitrogens is 2. The zero-order valence-corrected chi connectivity index (χ0v) is 27.7. The van der Waals surface area contributed by atoms with E-state index in [9.17, 15) is 26.3 Å². The fourth-order valence-electron chi connectivity index (χ4n) is 6.88. The first-order chi connectivity index (χ1) is 26.5. The van der Waals surface area contributed by atoms with Crippen LogP contribution in [0.5, 0.6) is 0 Å². The Morgan fingerprint density at radius 1 is 0.556 bits per heavy atom. The first kappa shape index (κ1) is 33.3. The molecular formula is C44H16N10. The third-order valence-corrected chi connectivity index (χ3v) is 9.02. The first-order valence-electron chi connectivity index (χ1n) is 15.9. The molecule has 242 valence electrons. The van der Waals surface area contributed by atoms with Gasteiger partial charge in [0.2, 0.25) is 17.1 Å². The molecule has 3 aromatic carbocycles. The molecule has 0 atom stereocenters. The summed E-state index contributed by atoms with van der Waals surface area (Å²) >= 11 is 0. The number of rotatable bonds is 4. The Kier molecular flexibility index (Phi) is 8.41. The minimum Gasteiger partial charge on any atom is -0.267 e. The molecule has 0 fully saturated rings. The van der Waals surface area contributed by atoms with Crippen LogP contribution >= 0.6 is 0 Å². The number of hydrogen-bond donors (Lipinski definition) is 0. The Balaban J connectivity index is 1.75. The predicted molar refractivity (Wildman–Crippen MR) is 200 cm³/mol. The van der Waals surface area contributed by atoms with Crippen molar-refractivity contribution in [1.29, 1.82) is 26.3 Å². The Bertz CT molecular complexity index is 2760. The van der Waals surface area contributed by atoms with Crippen LogP contribution < -0.4 is 0 Å². The van der Waals surface area contributed by atoms with Crippen molar-refractivity contribution in [2.75, 3.05) is 0 Å². The Labute approximate surface area is 309 Å². The molecule has 0 amide bonds. The molecule has 2 aromatic heterocycles. The van der Waals surface area contributed by atoms with E-state index in [1.807, 2.05) is 6.07 Å². The Hall–Kier alpha value is -9.16. The number of nitrogens with zero attached hydrogens (tertiary/aromatic N) is 10. The van der Waals surface area contributed by atoms with Gasteiger partial charge in [-0.05, 0) is 57.2 Å². The van der Waals surface area contributed by atoms with E-state index in [-0.39, 0.29) is 101 Å². The topological polar surface area (TPSA) is 158 Å². The highest BCUT2D eigenvalue weighted by Gasteiger charge is 2.43. The van der Waals surface area contributed by atoms with E-state index in [1.165, 1.54) is 36.7 Å². The molecule has 5 aromatic rings. The maximum absolute atomic E-state index is 11.2. The van der Waals surface area contributed by atoms with Gasteiger partial charge in [-0.1, -0.05) is 66.7 Å². The van der Waals surface area contributed by atoms with Gasteiger partial charge in [-0.2, -0.15) is 26.3 Å². The molecule has 0 unspecified atom stereocenters. The molecule has 0 bridgehead atoms. The van der Waals surface area contributed by atoms with E-state index >= 15 is 0 Å². The van der Waals surface area contributed by atoms with Crippen LogP contribution in [0.3, 0.4) is 0 Å². The van der Waals surface area contributed by atoms with Gasteiger partial charge in [0.15, 0.2) is 0 Å². The molecule has 0 N–H and O–H groups in total. The quantitative estimate of drug-likeness (QED) is 0.135. The third-order valence-electron chi connectivity index (χ3n) is 9.02. The predicted octanol–water partition coefficient (Wildman–Crippen LogP) is 9.11. The van der Waals surface area contributed by atoms with Crippen LogP contribution in [-0.2, 0) is 0 Å². The van der Waals surface area contributed by atoms with Crippen molar-refractivity contribution in [3.05, 3.63) is 193 Å². The van der Waals surface area contributed by atoms with E-state index in [2.05, 4.69) is 48.8 Å². The molecule has 10 nitrogen and oxygen atoms in total. The van der Waals surface area contributed by atoms with Gasteiger partial charge < -0.3 is 0 Å². The Morgan fingerprint density at radius 3 is 1.67 bits per heavy atom. The van der Waals surface area contributed by atoms with Gasteiger partial charge in [0.25, 0.3) is 0 Å². The number of nitriles is 5. The summed E-state index contributed by atoms with van der Waals surface area (Å²) < 4.78 is 0. The molecule has 2 aliphatic carbocycles. The minimum absolute atomic E-state index is 0.00626. The summed E-state index contributed by atoms with van der Waals surface area (Å²) in [7, 11) is 0. The zero-order valence-electron chi connectivity index (χ0n) is 27.7. The van der Waals surface area contributed by atoms with Gasteiger partial charge in [0, 0.05) is 29.1 Å². The highest BCUT2D eigenvalue weighted by Crippen LogP contribution is 2.59. The van der Waals surface area contributed by atoms with Crippen LogP contribution in [0, 0.1) is 76.4 Å². The van der Waals surface area contributed by atoms with Crippen molar-refractivity contribution in [3.63, 3.8) is 0 Å². The van der Waals surface area contributed by atoms with E-state index in [4.69, 9.17) is 19.7 Å². The van der Waals surface area contributed by atoms with Gasteiger partial charge in [-0.25, -0.2) is 14.5 Å². The number of pyridine rings is 2. The number of fused-ring (bicyclic) bond motifs is 2. The lowest BCUT2D eigenvalue weighted by molar-refractivity contribution is 1.26. The first-order valence-corrected chi connectivity index (χ1v) is 15.9. The molecule has 0 radical (unpaired) electrons. The van der Waals surface area contributed by atoms with Crippen molar-refractivity contribution in [3.8, 4) is 30.3 Å². The second kappa shape index (κ2) is 13.6. The summed E-state index contributed by atoms with van der Waals surface area (Å²) in [4.78, 5) is 20.0. The molecule has 54 heavy (non-hydrogen) atoms. The van der Waals surface area contributed by atoms with E-state index in [1.54, 1.807) is 60.7 Å². The Morgan fingerprint density at radius 2 is 1.17 bits per heavy atom. The maximum atomic E-state index is 11.2. The lowest BCUT2D eigenvalue weighted by Crippen LogP contribution is -2.05. The smallest absolute Gasteiger partial charge is 0.220 e. The monoisotopic (exact) mass is 684 g/mol. The largest absolute Gasteiger partial charge is 0.267 e. The summed E-state index contributed by atoms with van der Waals surface area (Å²) in [5, 5.41) is 53.5. The third kappa shape index (κ3) is 4.97. The summed E-state index contributed by atoms with van der Waals surface area (Å²) in [6.07, 6.45) is 2.63. The second-order valence-corrected chi connectivity index (χ2v) is 11.7. The lowest BCUT2D eigenvalue weighted by atomic mass is 9.82.